The van der Waals surface area contributed by atoms with Gasteiger partial charge in [0, 0.05) is 17.1 Å². The molecule has 5 aromatic carbocycles. The minimum atomic E-state index is -5.25. The molecular weight excluding hydrogens is 1030 g/mol. The number of sulfone groups is 1. The molecule has 0 spiro atoms. The van der Waals surface area contributed by atoms with Gasteiger partial charge in [0.1, 0.15) is 47.5 Å². The maximum atomic E-state index is 12.6. The molecule has 6 aromatic rings. The zero-order valence-corrected chi connectivity index (χ0v) is 47.1. The maximum Gasteiger partial charge on any atom is 1.00 e. The van der Waals surface area contributed by atoms with E-state index in [2.05, 4.69) is 45.3 Å². The molecule has 0 amide bonds. The fraction of sp³-hybridized carbons (Fsp3) is 0.0606. The molecule has 67 heavy (non-hydrogen) atoms. The average Bonchev–Trinajstić information content (AvgIpc) is 3.16. The van der Waals surface area contributed by atoms with E-state index in [4.69, 9.17) is 5.73 Å². The number of benzene rings is 5. The number of azo groups is 1. The maximum absolute atomic E-state index is 12.6. The second kappa shape index (κ2) is 24.1. The van der Waals surface area contributed by atoms with Crippen LogP contribution in [-0.2, 0) is 54.8 Å². The number of aromatic nitrogens is 3. The van der Waals surface area contributed by atoms with Crippen LogP contribution in [-0.4, -0.2) is 92.7 Å². The first-order chi connectivity index (χ1) is 29.2. The van der Waals surface area contributed by atoms with Crippen LogP contribution in [0.2, 0.25) is 0 Å². The zero-order chi connectivity index (χ0) is 46.1. The van der Waals surface area contributed by atoms with Crippen LogP contribution in [0.25, 0.3) is 10.8 Å². The summed E-state index contributed by atoms with van der Waals surface area (Å²) >= 11 is 0. The summed E-state index contributed by atoms with van der Waals surface area (Å²) < 4.78 is 168. The molecule has 0 saturated heterocycles. The van der Waals surface area contributed by atoms with Crippen molar-refractivity contribution in [1.29, 1.82) is 0 Å². The summed E-state index contributed by atoms with van der Waals surface area (Å²) in [6.45, 7) is -0.932. The SMILES string of the molecule is Nc1ccc2cc(S(=O)(=O)[O-])cc(O)c2c1N=Nc1cc(Nc2nc(Nc3ccc(S(=O)(=O)CCOS(=O)(=O)[O-])cc3)nc(Nc3cccc(S(=O)(=O)[O-])c3)n2)ccc1S(=O)(=O)[O-].[Na+].[Na+].[Na+].[Na+]. The number of phenolic OH excluding ortho intramolecular Hbond substituents is 1. The third kappa shape index (κ3) is 16.6. The van der Waals surface area contributed by atoms with Crippen molar-refractivity contribution in [3.8, 4) is 5.75 Å². The van der Waals surface area contributed by atoms with E-state index in [1.54, 1.807) is 0 Å². The summed E-state index contributed by atoms with van der Waals surface area (Å²) in [7, 11) is -24.4. The molecule has 6 N–H and O–H groups in total. The van der Waals surface area contributed by atoms with Crippen molar-refractivity contribution in [1.82, 2.24) is 15.0 Å². The predicted octanol–water partition coefficient (Wildman–Crippen LogP) is -9.06. The minimum absolute atomic E-state index is 0. The van der Waals surface area contributed by atoms with E-state index in [0.717, 1.165) is 48.5 Å². The summed E-state index contributed by atoms with van der Waals surface area (Å²) in [5.41, 5.74) is 5.11. The van der Waals surface area contributed by atoms with E-state index in [1.807, 2.05) is 0 Å². The summed E-state index contributed by atoms with van der Waals surface area (Å²) in [4.78, 5) is 10.1. The summed E-state index contributed by atoms with van der Waals surface area (Å²) in [6.07, 6.45) is 0. The number of nitrogen functional groups attached to an aromatic ring is 1. The second-order valence-electron chi connectivity index (χ2n) is 12.6. The first-order valence-corrected chi connectivity index (χ1v) is 24.1. The Morgan fingerprint density at radius 1 is 0.582 bits per heavy atom. The van der Waals surface area contributed by atoms with Gasteiger partial charge in [-0.05, 0) is 84.2 Å². The molecule has 0 atom stereocenters. The number of nitrogens with zero attached hydrogens (tertiary/aromatic N) is 5. The Hall–Kier alpha value is -2.48. The normalized spacial score (nSPS) is 11.9. The zero-order valence-electron chi connectivity index (χ0n) is 35.0. The number of nitrogens with two attached hydrogens (primary N) is 1. The van der Waals surface area contributed by atoms with Gasteiger partial charge in [-0.2, -0.15) is 15.0 Å². The average molecular weight is 1060 g/mol. The van der Waals surface area contributed by atoms with Crippen molar-refractivity contribution in [3.05, 3.63) is 91.0 Å². The van der Waals surface area contributed by atoms with E-state index in [9.17, 15) is 65.4 Å². The number of rotatable bonds is 16. The Kier molecular flexibility index (Phi) is 21.8. The van der Waals surface area contributed by atoms with Gasteiger partial charge in [-0.25, -0.2) is 42.1 Å². The molecule has 0 fully saturated rings. The molecule has 1 aromatic heterocycles. The Balaban J connectivity index is 0.00000385. The van der Waals surface area contributed by atoms with Crippen molar-refractivity contribution in [2.45, 2.75) is 19.6 Å². The second-order valence-corrected chi connectivity index (χ2v) is 19.8. The van der Waals surface area contributed by atoms with Crippen LogP contribution in [0.3, 0.4) is 0 Å². The van der Waals surface area contributed by atoms with Gasteiger partial charge in [0.05, 0.1) is 43.0 Å². The van der Waals surface area contributed by atoms with E-state index < -0.39 is 89.1 Å². The van der Waals surface area contributed by atoms with Crippen molar-refractivity contribution >= 4 is 113 Å². The summed E-state index contributed by atoms with van der Waals surface area (Å²) in [5.74, 6) is -2.50. The first-order valence-electron chi connectivity index (χ1n) is 16.8. The Morgan fingerprint density at radius 3 is 1.66 bits per heavy atom. The van der Waals surface area contributed by atoms with Crippen LogP contribution in [0.1, 0.15) is 0 Å². The van der Waals surface area contributed by atoms with Gasteiger partial charge in [0.2, 0.25) is 28.2 Å². The fourth-order valence-corrected chi connectivity index (χ4v) is 8.54. The van der Waals surface area contributed by atoms with Crippen LogP contribution in [0, 0.1) is 0 Å². The first kappa shape index (κ1) is 60.6. The van der Waals surface area contributed by atoms with Crippen molar-refractivity contribution in [3.63, 3.8) is 0 Å². The molecule has 0 radical (unpaired) electrons. The van der Waals surface area contributed by atoms with Crippen LogP contribution in [0.15, 0.2) is 121 Å². The smallest absolute Gasteiger partial charge is 0.744 e. The molecule has 6 rings (SSSR count). The molecule has 0 aliphatic heterocycles. The topological polar surface area (TPSA) is 418 Å². The van der Waals surface area contributed by atoms with Crippen LogP contribution in [0.4, 0.5) is 52.0 Å². The minimum Gasteiger partial charge on any atom is -0.744 e. The third-order valence-corrected chi connectivity index (χ3v) is 12.8. The number of hydrogen-bond acceptors (Lipinski definition) is 25. The van der Waals surface area contributed by atoms with Gasteiger partial charge in [0.25, 0.3) is 0 Å². The standard InChI is InChI=1S/C33H29N9O16S5.4Na/c34-25-10-4-18-14-24(61(49,50)51)17-27(43)29(18)30(25)42-41-26-16-21(7-11-28(26)62(52,53)54)37-33-39-31(38-32(40-33)36-20-2-1-3-23(15-20)60(46,47)48)35-19-5-8-22(9-6-19)59(44,45)13-12-58-63(55,56)57;;;;/h1-11,14-17,43H,12-13,34H2,(H,46,47,48)(H,49,50,51)(H,52,53,54)(H,55,56,57)(H3,35,36,37,38,39,40);;;;/q;4*+1/p-4. The quantitative estimate of drug-likeness (QED) is 0.0198. The summed E-state index contributed by atoms with van der Waals surface area (Å²) in [5, 5.41) is 26.5. The van der Waals surface area contributed by atoms with E-state index in [1.165, 1.54) is 36.4 Å². The molecular formula is C33H25N9Na4O16S5. The van der Waals surface area contributed by atoms with Gasteiger partial charge >= 0.3 is 118 Å². The molecule has 0 bridgehead atoms. The van der Waals surface area contributed by atoms with Crippen LogP contribution < -0.4 is 140 Å². The Labute approximate surface area is 470 Å². The number of phenols is 1. The molecule has 332 valence electrons. The number of nitrogens with one attached hydrogen (secondary N) is 3. The molecule has 0 saturated carbocycles. The van der Waals surface area contributed by atoms with Gasteiger partial charge in [-0.3, -0.25) is 4.18 Å². The Morgan fingerprint density at radius 2 is 1.12 bits per heavy atom. The molecule has 0 unspecified atom stereocenters. The van der Waals surface area contributed by atoms with Crippen molar-refractivity contribution < 1.29 is 188 Å². The Bertz CT molecular complexity index is 3420. The van der Waals surface area contributed by atoms with Gasteiger partial charge in [-0.1, -0.05) is 12.1 Å². The number of anilines is 7. The molecule has 1 heterocycles. The van der Waals surface area contributed by atoms with E-state index in [-0.39, 0.29) is 180 Å². The third-order valence-electron chi connectivity index (χ3n) is 8.17. The summed E-state index contributed by atoms with van der Waals surface area (Å²) in [6, 6.07) is 16.5. The van der Waals surface area contributed by atoms with Crippen LogP contribution in [0.5, 0.6) is 5.75 Å². The largest absolute Gasteiger partial charge is 1.00 e. The number of aromatic hydroxyl groups is 1. The van der Waals surface area contributed by atoms with Gasteiger partial charge < -0.3 is 45.0 Å². The van der Waals surface area contributed by atoms with Gasteiger partial charge in [-0.15, -0.1) is 10.2 Å². The fourth-order valence-electron chi connectivity index (χ4n) is 5.42. The predicted molar refractivity (Wildman–Crippen MR) is 215 cm³/mol. The molecule has 34 heteroatoms. The van der Waals surface area contributed by atoms with E-state index >= 15 is 0 Å². The number of fused-ring (bicyclic) bond motifs is 1. The van der Waals surface area contributed by atoms with Gasteiger partial charge in [0.15, 0.2) is 9.84 Å². The molecule has 0 aliphatic rings. The van der Waals surface area contributed by atoms with Crippen LogP contribution >= 0.6 is 0 Å². The molecule has 25 nitrogen and oxygen atoms in total. The van der Waals surface area contributed by atoms with E-state index in [0.29, 0.717) is 6.07 Å². The van der Waals surface area contributed by atoms with Crippen molar-refractivity contribution in [2.75, 3.05) is 34.0 Å². The monoisotopic (exact) mass is 1050 g/mol. The van der Waals surface area contributed by atoms with Crippen molar-refractivity contribution in [2.24, 2.45) is 10.2 Å². The number of hydrogen-bond donors (Lipinski definition) is 5. The molecule has 0 aliphatic carbocycles.